The molecule has 0 saturated heterocycles. The van der Waals surface area contributed by atoms with Crippen molar-refractivity contribution >= 4 is 21.6 Å². The molecule has 90 valence electrons. The molecule has 0 aromatic carbocycles. The number of hydrogen-bond donors (Lipinski definition) is 1. The quantitative estimate of drug-likeness (QED) is 0.817. The lowest BCUT2D eigenvalue weighted by Crippen LogP contribution is -2.38. The van der Waals surface area contributed by atoms with Gasteiger partial charge < -0.3 is 4.57 Å². The Balaban J connectivity index is 2.26. The maximum absolute atomic E-state index is 12.0. The van der Waals surface area contributed by atoms with Gasteiger partial charge in [0.2, 0.25) is 0 Å². The average Bonchev–Trinajstić information content (AvgIpc) is 2.88. The van der Waals surface area contributed by atoms with Crippen molar-refractivity contribution in [2.45, 2.75) is 30.3 Å². The minimum atomic E-state index is -3.54. The van der Waals surface area contributed by atoms with Crippen LogP contribution >= 0.6 is 11.6 Å². The standard InChI is InChI=1S/C9H14ClN3O2S/c1-7-11-8(5-13(7)2)16(14,15)12-9(6-10)3-4-9/h5,12H,3-4,6H2,1-2H3. The SMILES string of the molecule is Cc1nc(S(=O)(=O)NC2(CCl)CC2)cn1C. The molecule has 0 amide bonds. The Hall–Kier alpha value is -0.590. The number of hydrogen-bond acceptors (Lipinski definition) is 3. The number of aryl methyl sites for hydroxylation is 2. The molecule has 1 aromatic heterocycles. The van der Waals surface area contributed by atoms with E-state index in [0.29, 0.717) is 11.7 Å². The number of nitrogens with one attached hydrogen (secondary N) is 1. The topological polar surface area (TPSA) is 64.0 Å². The normalized spacial score (nSPS) is 18.7. The maximum Gasteiger partial charge on any atom is 0.260 e. The number of alkyl halides is 1. The summed E-state index contributed by atoms with van der Waals surface area (Å²) in [6.45, 7) is 1.76. The Morgan fingerprint density at radius 3 is 2.62 bits per heavy atom. The zero-order valence-corrected chi connectivity index (χ0v) is 10.8. The summed E-state index contributed by atoms with van der Waals surface area (Å²) in [5.41, 5.74) is -0.439. The molecule has 0 spiro atoms. The van der Waals surface area contributed by atoms with Crippen LogP contribution in [0.5, 0.6) is 0 Å². The number of halogens is 1. The molecule has 1 aliphatic carbocycles. The molecule has 0 atom stereocenters. The molecular formula is C9H14ClN3O2S. The van der Waals surface area contributed by atoms with E-state index in [9.17, 15) is 8.42 Å². The minimum absolute atomic E-state index is 0.0592. The van der Waals surface area contributed by atoms with Crippen molar-refractivity contribution in [3.8, 4) is 0 Å². The van der Waals surface area contributed by atoms with E-state index in [-0.39, 0.29) is 5.03 Å². The first-order valence-corrected chi connectivity index (χ1v) is 7.00. The van der Waals surface area contributed by atoms with E-state index in [1.165, 1.54) is 6.20 Å². The van der Waals surface area contributed by atoms with Crippen molar-refractivity contribution in [2.24, 2.45) is 7.05 Å². The molecule has 0 bridgehead atoms. The lowest BCUT2D eigenvalue weighted by molar-refractivity contribution is 0.556. The molecule has 1 saturated carbocycles. The van der Waals surface area contributed by atoms with Crippen LogP contribution in [-0.2, 0) is 17.1 Å². The van der Waals surface area contributed by atoms with E-state index < -0.39 is 15.6 Å². The Morgan fingerprint density at radius 2 is 2.25 bits per heavy atom. The summed E-state index contributed by atoms with van der Waals surface area (Å²) >= 11 is 5.73. The Labute approximate surface area is 99.9 Å². The van der Waals surface area contributed by atoms with Crippen molar-refractivity contribution in [2.75, 3.05) is 5.88 Å². The molecule has 16 heavy (non-hydrogen) atoms. The lowest BCUT2D eigenvalue weighted by Gasteiger charge is -2.12. The van der Waals surface area contributed by atoms with Crippen LogP contribution in [-0.4, -0.2) is 29.4 Å². The van der Waals surface area contributed by atoms with Gasteiger partial charge in [0.05, 0.1) is 0 Å². The van der Waals surface area contributed by atoms with Crippen LogP contribution in [0, 0.1) is 6.92 Å². The monoisotopic (exact) mass is 263 g/mol. The van der Waals surface area contributed by atoms with Gasteiger partial charge in [0.25, 0.3) is 10.0 Å². The average molecular weight is 264 g/mol. The van der Waals surface area contributed by atoms with E-state index >= 15 is 0 Å². The second-order valence-corrected chi connectivity index (χ2v) is 6.15. The summed E-state index contributed by atoms with van der Waals surface area (Å²) in [5, 5.41) is 0.0592. The van der Waals surface area contributed by atoms with Crippen LogP contribution in [0.2, 0.25) is 0 Å². The summed E-state index contributed by atoms with van der Waals surface area (Å²) in [5.74, 6) is 0.967. The highest BCUT2D eigenvalue weighted by Crippen LogP contribution is 2.37. The molecule has 0 radical (unpaired) electrons. The second kappa shape index (κ2) is 3.72. The third-order valence-electron chi connectivity index (χ3n) is 2.82. The molecule has 1 N–H and O–H groups in total. The van der Waals surface area contributed by atoms with Gasteiger partial charge in [0.15, 0.2) is 5.03 Å². The highest BCUT2D eigenvalue weighted by atomic mass is 35.5. The molecule has 1 heterocycles. The van der Waals surface area contributed by atoms with Crippen LogP contribution in [0.1, 0.15) is 18.7 Å². The van der Waals surface area contributed by atoms with E-state index in [2.05, 4.69) is 9.71 Å². The fourth-order valence-electron chi connectivity index (χ4n) is 1.41. The van der Waals surface area contributed by atoms with Gasteiger partial charge in [0.1, 0.15) is 5.82 Å². The van der Waals surface area contributed by atoms with Crippen LogP contribution in [0.4, 0.5) is 0 Å². The maximum atomic E-state index is 12.0. The van der Waals surface area contributed by atoms with Gasteiger partial charge in [-0.25, -0.2) is 18.1 Å². The predicted molar refractivity (Wildman–Crippen MR) is 61.0 cm³/mol. The Kier molecular flexibility index (Phi) is 2.76. The Bertz CT molecular complexity index is 485. The van der Waals surface area contributed by atoms with Crippen molar-refractivity contribution in [3.05, 3.63) is 12.0 Å². The second-order valence-electron chi connectivity index (χ2n) is 4.26. The van der Waals surface area contributed by atoms with Crippen molar-refractivity contribution < 1.29 is 8.42 Å². The van der Waals surface area contributed by atoms with Gasteiger partial charge in [-0.1, -0.05) is 0 Å². The van der Waals surface area contributed by atoms with E-state index in [1.807, 2.05) is 0 Å². The van der Waals surface area contributed by atoms with Crippen molar-refractivity contribution in [1.29, 1.82) is 0 Å². The fraction of sp³-hybridized carbons (Fsp3) is 0.667. The number of sulfonamides is 1. The molecule has 0 aliphatic heterocycles. The van der Waals surface area contributed by atoms with Crippen LogP contribution < -0.4 is 4.72 Å². The Morgan fingerprint density at radius 1 is 1.62 bits per heavy atom. The van der Waals surface area contributed by atoms with Gasteiger partial charge in [-0.2, -0.15) is 0 Å². The van der Waals surface area contributed by atoms with Crippen molar-refractivity contribution in [1.82, 2.24) is 14.3 Å². The zero-order chi connectivity index (χ0) is 12.0. The largest absolute Gasteiger partial charge is 0.337 e. The highest BCUT2D eigenvalue weighted by molar-refractivity contribution is 7.89. The number of nitrogens with zero attached hydrogens (tertiary/aromatic N) is 2. The van der Waals surface area contributed by atoms with Crippen LogP contribution in [0.3, 0.4) is 0 Å². The van der Waals surface area contributed by atoms with Gasteiger partial charge in [0, 0.05) is 24.7 Å². The summed E-state index contributed by atoms with van der Waals surface area (Å²) in [6, 6.07) is 0. The lowest BCUT2D eigenvalue weighted by atomic mass is 10.4. The van der Waals surface area contributed by atoms with Crippen LogP contribution in [0.15, 0.2) is 11.2 Å². The van der Waals surface area contributed by atoms with Gasteiger partial charge >= 0.3 is 0 Å². The molecule has 0 unspecified atom stereocenters. The van der Waals surface area contributed by atoms with Gasteiger partial charge in [-0.3, -0.25) is 0 Å². The van der Waals surface area contributed by atoms with Crippen molar-refractivity contribution in [3.63, 3.8) is 0 Å². The van der Waals surface area contributed by atoms with Gasteiger partial charge in [-0.15, -0.1) is 11.6 Å². The molecule has 1 aliphatic rings. The molecule has 1 fully saturated rings. The van der Waals surface area contributed by atoms with Gasteiger partial charge in [-0.05, 0) is 19.8 Å². The molecule has 7 heteroatoms. The van der Waals surface area contributed by atoms with E-state index in [1.54, 1.807) is 18.5 Å². The molecule has 2 rings (SSSR count). The zero-order valence-electron chi connectivity index (χ0n) is 9.20. The first kappa shape index (κ1) is 11.9. The summed E-state index contributed by atoms with van der Waals surface area (Å²) in [4.78, 5) is 4.00. The first-order chi connectivity index (χ1) is 7.38. The number of imidazole rings is 1. The molecule has 5 nitrogen and oxygen atoms in total. The van der Waals surface area contributed by atoms with E-state index in [4.69, 9.17) is 11.6 Å². The first-order valence-electron chi connectivity index (χ1n) is 4.98. The third kappa shape index (κ3) is 2.09. The van der Waals surface area contributed by atoms with E-state index in [0.717, 1.165) is 12.8 Å². The summed E-state index contributed by atoms with van der Waals surface area (Å²) in [6.07, 6.45) is 3.09. The van der Waals surface area contributed by atoms with Crippen LogP contribution in [0.25, 0.3) is 0 Å². The highest BCUT2D eigenvalue weighted by Gasteiger charge is 2.45. The molecule has 1 aromatic rings. The summed E-state index contributed by atoms with van der Waals surface area (Å²) < 4.78 is 28.2. The molecular weight excluding hydrogens is 250 g/mol. The third-order valence-corrected chi connectivity index (χ3v) is 4.78. The smallest absolute Gasteiger partial charge is 0.260 e. The fourth-order valence-corrected chi connectivity index (χ4v) is 3.32. The summed E-state index contributed by atoms with van der Waals surface area (Å²) in [7, 11) is -1.78. The number of rotatable bonds is 4. The number of aromatic nitrogens is 2. The minimum Gasteiger partial charge on any atom is -0.337 e. The predicted octanol–water partition coefficient (Wildman–Crippen LogP) is 0.778.